The molecule has 1 N–H and O–H groups in total. The molecular weight excluding hydrogens is 240 g/mol. The predicted octanol–water partition coefficient (Wildman–Crippen LogP) is 2.05. The molecule has 0 fully saturated rings. The summed E-state index contributed by atoms with van der Waals surface area (Å²) in [6.45, 7) is 7.15. The van der Waals surface area contributed by atoms with Crippen molar-refractivity contribution < 1.29 is 9.53 Å². The Labute approximate surface area is 114 Å². The van der Waals surface area contributed by atoms with Crippen LogP contribution in [0.5, 0.6) is 5.75 Å². The van der Waals surface area contributed by atoms with Crippen LogP contribution in [-0.4, -0.2) is 32.1 Å². The minimum Gasteiger partial charge on any atom is -0.482 e. The highest BCUT2D eigenvalue weighted by molar-refractivity contribution is 5.97. The van der Waals surface area contributed by atoms with Crippen LogP contribution in [0.2, 0.25) is 0 Å². The van der Waals surface area contributed by atoms with Gasteiger partial charge in [0, 0.05) is 6.54 Å². The summed E-state index contributed by atoms with van der Waals surface area (Å²) >= 11 is 0. The van der Waals surface area contributed by atoms with Crippen LogP contribution in [0.1, 0.15) is 20.3 Å². The minimum atomic E-state index is 0.0426. The summed E-state index contributed by atoms with van der Waals surface area (Å²) in [5.74, 6) is 1.26. The van der Waals surface area contributed by atoms with Gasteiger partial charge in [-0.05, 0) is 37.6 Å². The van der Waals surface area contributed by atoms with Crippen LogP contribution in [0, 0.1) is 5.92 Å². The predicted molar refractivity (Wildman–Crippen MR) is 76.6 cm³/mol. The van der Waals surface area contributed by atoms with Gasteiger partial charge < -0.3 is 15.0 Å². The topological polar surface area (TPSA) is 41.6 Å². The molecule has 0 aromatic heterocycles. The summed E-state index contributed by atoms with van der Waals surface area (Å²) in [4.78, 5) is 13.8. The number of para-hydroxylation sites is 2. The van der Waals surface area contributed by atoms with E-state index in [4.69, 9.17) is 4.74 Å². The van der Waals surface area contributed by atoms with E-state index in [1.165, 1.54) is 0 Å². The zero-order chi connectivity index (χ0) is 13.7. The van der Waals surface area contributed by atoms with Crippen LogP contribution in [0.15, 0.2) is 24.3 Å². The molecule has 1 amide bonds. The van der Waals surface area contributed by atoms with E-state index in [1.54, 1.807) is 0 Å². The maximum Gasteiger partial charge on any atom is 0.265 e. The number of hydrogen-bond donors (Lipinski definition) is 1. The van der Waals surface area contributed by atoms with Gasteiger partial charge in [0.25, 0.3) is 5.91 Å². The monoisotopic (exact) mass is 262 g/mol. The molecule has 1 heterocycles. The molecule has 0 spiro atoms. The Bertz CT molecular complexity index is 434. The third-order valence-corrected chi connectivity index (χ3v) is 3.22. The highest BCUT2D eigenvalue weighted by Gasteiger charge is 2.26. The Hall–Kier alpha value is -1.55. The van der Waals surface area contributed by atoms with E-state index in [-0.39, 0.29) is 12.5 Å². The lowest BCUT2D eigenvalue weighted by atomic mass is 10.1. The number of ether oxygens (including phenoxy) is 1. The van der Waals surface area contributed by atoms with Crippen molar-refractivity contribution in [3.05, 3.63) is 24.3 Å². The maximum atomic E-state index is 12.0. The zero-order valence-corrected chi connectivity index (χ0v) is 11.7. The second-order valence-corrected chi connectivity index (χ2v) is 5.07. The van der Waals surface area contributed by atoms with Crippen molar-refractivity contribution in [2.45, 2.75) is 20.3 Å². The van der Waals surface area contributed by atoms with Gasteiger partial charge in [-0.1, -0.05) is 26.0 Å². The molecule has 1 atom stereocenters. The molecule has 104 valence electrons. The molecule has 19 heavy (non-hydrogen) atoms. The Morgan fingerprint density at radius 1 is 1.42 bits per heavy atom. The van der Waals surface area contributed by atoms with Gasteiger partial charge in [-0.2, -0.15) is 0 Å². The van der Waals surface area contributed by atoms with Gasteiger partial charge in [0.05, 0.1) is 5.69 Å². The molecule has 1 aliphatic heterocycles. The summed E-state index contributed by atoms with van der Waals surface area (Å²) in [5, 5.41) is 3.39. The standard InChI is InChI=1S/C15H22N2O2/c1-3-8-16-9-12(2)10-17-13-6-4-5-7-14(13)19-11-15(17)18/h4-7,12,16H,3,8-11H2,1-2H3. The van der Waals surface area contributed by atoms with E-state index in [1.807, 2.05) is 29.2 Å². The molecule has 2 rings (SSSR count). The van der Waals surface area contributed by atoms with E-state index < -0.39 is 0 Å². The average Bonchev–Trinajstić information content (AvgIpc) is 2.42. The number of nitrogens with one attached hydrogen (secondary N) is 1. The van der Waals surface area contributed by atoms with Crippen molar-refractivity contribution in [1.82, 2.24) is 5.32 Å². The fourth-order valence-electron chi connectivity index (χ4n) is 2.26. The lowest BCUT2D eigenvalue weighted by Crippen LogP contribution is -2.43. The molecule has 1 aromatic rings. The summed E-state index contributed by atoms with van der Waals surface area (Å²) in [6, 6.07) is 7.72. The normalized spacial score (nSPS) is 15.9. The lowest BCUT2D eigenvalue weighted by Gasteiger charge is -2.31. The molecule has 0 aliphatic carbocycles. The second kappa shape index (κ2) is 6.57. The minimum absolute atomic E-state index is 0.0426. The van der Waals surface area contributed by atoms with Gasteiger partial charge in [0.2, 0.25) is 0 Å². The van der Waals surface area contributed by atoms with Gasteiger partial charge in [-0.15, -0.1) is 0 Å². The van der Waals surface area contributed by atoms with E-state index in [2.05, 4.69) is 19.2 Å². The van der Waals surface area contributed by atoms with E-state index in [0.29, 0.717) is 5.92 Å². The number of hydrogen-bond acceptors (Lipinski definition) is 3. The van der Waals surface area contributed by atoms with Crippen LogP contribution in [0.3, 0.4) is 0 Å². The fourth-order valence-corrected chi connectivity index (χ4v) is 2.26. The quantitative estimate of drug-likeness (QED) is 0.798. The average molecular weight is 262 g/mol. The van der Waals surface area contributed by atoms with Crippen LogP contribution in [0.4, 0.5) is 5.69 Å². The summed E-state index contributed by atoms with van der Waals surface area (Å²) < 4.78 is 5.44. The third-order valence-electron chi connectivity index (χ3n) is 3.22. The largest absolute Gasteiger partial charge is 0.482 e. The summed E-state index contributed by atoms with van der Waals surface area (Å²) in [7, 11) is 0. The molecule has 0 saturated heterocycles. The van der Waals surface area contributed by atoms with Gasteiger partial charge in [-0.25, -0.2) is 0 Å². The number of amides is 1. The number of benzene rings is 1. The third kappa shape index (κ3) is 3.47. The molecule has 4 heteroatoms. The number of nitrogens with zero attached hydrogens (tertiary/aromatic N) is 1. The summed E-state index contributed by atoms with van der Waals surface area (Å²) in [5.41, 5.74) is 0.890. The smallest absolute Gasteiger partial charge is 0.265 e. The van der Waals surface area contributed by atoms with Crippen LogP contribution >= 0.6 is 0 Å². The Morgan fingerprint density at radius 2 is 2.21 bits per heavy atom. The Morgan fingerprint density at radius 3 is 3.00 bits per heavy atom. The fraction of sp³-hybridized carbons (Fsp3) is 0.533. The molecular formula is C15H22N2O2. The Kier molecular flexibility index (Phi) is 4.80. The number of rotatable bonds is 6. The molecule has 1 unspecified atom stereocenters. The van der Waals surface area contributed by atoms with Crippen molar-refractivity contribution in [2.24, 2.45) is 5.92 Å². The number of anilines is 1. The van der Waals surface area contributed by atoms with Gasteiger partial charge in [0.1, 0.15) is 5.75 Å². The van der Waals surface area contributed by atoms with Crippen LogP contribution < -0.4 is 15.0 Å². The SMILES string of the molecule is CCCNCC(C)CN1C(=O)COc2ccccc21. The van der Waals surface area contributed by atoms with Crippen molar-refractivity contribution in [3.63, 3.8) is 0 Å². The van der Waals surface area contributed by atoms with Crippen molar-refractivity contribution in [1.29, 1.82) is 0 Å². The van der Waals surface area contributed by atoms with Crippen LogP contribution in [-0.2, 0) is 4.79 Å². The number of fused-ring (bicyclic) bond motifs is 1. The molecule has 0 bridgehead atoms. The van der Waals surface area contributed by atoms with Gasteiger partial charge in [-0.3, -0.25) is 4.79 Å². The van der Waals surface area contributed by atoms with Crippen LogP contribution in [0.25, 0.3) is 0 Å². The van der Waals surface area contributed by atoms with Gasteiger partial charge in [0.15, 0.2) is 6.61 Å². The van der Waals surface area contributed by atoms with E-state index >= 15 is 0 Å². The first-order valence-electron chi connectivity index (χ1n) is 6.95. The van der Waals surface area contributed by atoms with Crippen molar-refractivity contribution in [3.8, 4) is 5.75 Å². The zero-order valence-electron chi connectivity index (χ0n) is 11.7. The highest BCUT2D eigenvalue weighted by atomic mass is 16.5. The second-order valence-electron chi connectivity index (χ2n) is 5.07. The first kappa shape index (κ1) is 13.9. The lowest BCUT2D eigenvalue weighted by molar-refractivity contribution is -0.121. The van der Waals surface area contributed by atoms with E-state index in [0.717, 1.165) is 37.5 Å². The molecule has 1 aliphatic rings. The first-order valence-corrected chi connectivity index (χ1v) is 6.95. The van der Waals surface area contributed by atoms with Crippen molar-refractivity contribution in [2.75, 3.05) is 31.1 Å². The molecule has 0 saturated carbocycles. The maximum absolute atomic E-state index is 12.0. The highest BCUT2D eigenvalue weighted by Crippen LogP contribution is 2.31. The van der Waals surface area contributed by atoms with Gasteiger partial charge >= 0.3 is 0 Å². The number of carbonyl (C=O) groups excluding carboxylic acids is 1. The number of carbonyl (C=O) groups is 1. The Balaban J connectivity index is 2.01. The van der Waals surface area contributed by atoms with E-state index in [9.17, 15) is 4.79 Å². The molecule has 1 aromatic carbocycles. The summed E-state index contributed by atoms with van der Waals surface area (Å²) in [6.07, 6.45) is 1.13. The van der Waals surface area contributed by atoms with Crippen molar-refractivity contribution >= 4 is 11.6 Å². The first-order chi connectivity index (χ1) is 9.22. The molecule has 4 nitrogen and oxygen atoms in total. The molecule has 0 radical (unpaired) electrons.